The average molecular weight is 416 g/mol. The molecule has 29 heavy (non-hydrogen) atoms. The highest BCUT2D eigenvalue weighted by Gasteiger charge is 2.25. The minimum absolute atomic E-state index is 0.0867. The lowest BCUT2D eigenvalue weighted by atomic mass is 9.92. The number of hydrogen-bond donors (Lipinski definition) is 2. The highest BCUT2D eigenvalue weighted by molar-refractivity contribution is 6.30. The lowest BCUT2D eigenvalue weighted by Crippen LogP contribution is -2.50. The van der Waals surface area contributed by atoms with Crippen LogP contribution in [0.1, 0.15) is 29.8 Å². The zero-order valence-electron chi connectivity index (χ0n) is 17.5. The third-order valence-corrected chi connectivity index (χ3v) is 4.75. The molecule has 1 unspecified atom stereocenters. The molecule has 2 N–H and O–H groups in total. The van der Waals surface area contributed by atoms with E-state index in [-0.39, 0.29) is 17.2 Å². The van der Waals surface area contributed by atoms with Crippen molar-refractivity contribution in [3.63, 3.8) is 0 Å². The fraction of sp³-hybridized carbons (Fsp3) is 0.391. The Hall–Kier alpha value is -2.37. The molecule has 0 bridgehead atoms. The molecule has 0 saturated carbocycles. The molecular weight excluding hydrogens is 386 g/mol. The maximum Gasteiger partial charge on any atom is 0.251 e. The van der Waals surface area contributed by atoms with Crippen LogP contribution in [0, 0.1) is 5.41 Å². The fourth-order valence-corrected chi connectivity index (χ4v) is 3.39. The summed E-state index contributed by atoms with van der Waals surface area (Å²) in [5.74, 6) is -0.492. The van der Waals surface area contributed by atoms with Crippen LogP contribution in [0.25, 0.3) is 0 Å². The molecule has 0 spiro atoms. The van der Waals surface area contributed by atoms with E-state index in [1.807, 2.05) is 44.4 Å². The van der Waals surface area contributed by atoms with Crippen molar-refractivity contribution in [2.75, 3.05) is 27.2 Å². The van der Waals surface area contributed by atoms with Gasteiger partial charge >= 0.3 is 0 Å². The normalized spacial score (nSPS) is 12.5. The molecule has 6 heteroatoms. The molecule has 0 radical (unpaired) electrons. The molecule has 0 heterocycles. The van der Waals surface area contributed by atoms with E-state index in [0.717, 1.165) is 12.1 Å². The van der Waals surface area contributed by atoms with Crippen LogP contribution in [0.2, 0.25) is 5.02 Å². The summed E-state index contributed by atoms with van der Waals surface area (Å²) in [6.45, 7) is 5.57. The molecule has 0 fully saturated rings. The second-order valence-corrected chi connectivity index (χ2v) is 8.78. The highest BCUT2D eigenvalue weighted by Crippen LogP contribution is 2.15. The molecule has 0 aliphatic heterocycles. The molecule has 2 aromatic carbocycles. The van der Waals surface area contributed by atoms with Gasteiger partial charge in [-0.2, -0.15) is 0 Å². The fourth-order valence-electron chi connectivity index (χ4n) is 3.26. The Morgan fingerprint density at radius 3 is 2.24 bits per heavy atom. The summed E-state index contributed by atoms with van der Waals surface area (Å²) in [6.07, 6.45) is 0.417. The van der Waals surface area contributed by atoms with Gasteiger partial charge in [0.25, 0.3) is 5.91 Å². The summed E-state index contributed by atoms with van der Waals surface area (Å²) in [4.78, 5) is 27.7. The van der Waals surface area contributed by atoms with Gasteiger partial charge in [-0.3, -0.25) is 9.59 Å². The van der Waals surface area contributed by atoms with E-state index in [9.17, 15) is 9.59 Å². The van der Waals surface area contributed by atoms with Gasteiger partial charge in [0.2, 0.25) is 5.91 Å². The van der Waals surface area contributed by atoms with Gasteiger partial charge in [-0.25, -0.2) is 0 Å². The lowest BCUT2D eigenvalue weighted by molar-refractivity contribution is -0.123. The summed E-state index contributed by atoms with van der Waals surface area (Å²) in [5, 5.41) is 6.45. The van der Waals surface area contributed by atoms with Crippen molar-refractivity contribution in [2.24, 2.45) is 5.41 Å². The van der Waals surface area contributed by atoms with Gasteiger partial charge in [0.15, 0.2) is 0 Å². The van der Waals surface area contributed by atoms with Crippen LogP contribution < -0.4 is 10.6 Å². The first-order chi connectivity index (χ1) is 13.7. The van der Waals surface area contributed by atoms with E-state index in [1.165, 1.54) is 0 Å². The van der Waals surface area contributed by atoms with Crippen molar-refractivity contribution in [1.82, 2.24) is 15.5 Å². The van der Waals surface area contributed by atoms with Crippen molar-refractivity contribution in [3.05, 3.63) is 70.7 Å². The van der Waals surface area contributed by atoms with E-state index in [4.69, 9.17) is 11.6 Å². The molecule has 0 saturated heterocycles. The average Bonchev–Trinajstić information content (AvgIpc) is 2.66. The van der Waals surface area contributed by atoms with Crippen LogP contribution in [0.3, 0.4) is 0 Å². The Balaban J connectivity index is 2.10. The van der Waals surface area contributed by atoms with E-state index in [0.29, 0.717) is 23.6 Å². The Morgan fingerprint density at radius 2 is 1.66 bits per heavy atom. The molecule has 0 aliphatic rings. The van der Waals surface area contributed by atoms with Gasteiger partial charge in [0.1, 0.15) is 6.04 Å². The van der Waals surface area contributed by atoms with Crippen molar-refractivity contribution in [1.29, 1.82) is 0 Å². The van der Waals surface area contributed by atoms with Crippen LogP contribution in [0.5, 0.6) is 0 Å². The van der Waals surface area contributed by atoms with E-state index < -0.39 is 6.04 Å². The largest absolute Gasteiger partial charge is 0.354 e. The Morgan fingerprint density at radius 1 is 1.03 bits per heavy atom. The summed E-state index contributed by atoms with van der Waals surface area (Å²) in [7, 11) is 4.02. The highest BCUT2D eigenvalue weighted by atomic mass is 35.5. The first kappa shape index (κ1) is 22.9. The second-order valence-electron chi connectivity index (χ2n) is 8.34. The Bertz CT molecular complexity index is 805. The van der Waals surface area contributed by atoms with Crippen molar-refractivity contribution >= 4 is 23.4 Å². The van der Waals surface area contributed by atoms with Crippen LogP contribution in [-0.2, 0) is 11.2 Å². The molecular formula is C23H30ClN3O2. The maximum atomic E-state index is 12.9. The van der Waals surface area contributed by atoms with Gasteiger partial charge < -0.3 is 15.5 Å². The van der Waals surface area contributed by atoms with Crippen LogP contribution in [0.15, 0.2) is 54.6 Å². The number of halogens is 1. The summed E-state index contributed by atoms with van der Waals surface area (Å²) in [5.41, 5.74) is 1.36. The third-order valence-electron chi connectivity index (χ3n) is 4.50. The first-order valence-corrected chi connectivity index (χ1v) is 10.1. The number of benzene rings is 2. The van der Waals surface area contributed by atoms with Crippen molar-refractivity contribution < 1.29 is 9.59 Å². The predicted octanol–water partition coefficient (Wildman–Crippen LogP) is 3.39. The molecule has 156 valence electrons. The molecule has 2 amide bonds. The molecule has 2 rings (SSSR count). The van der Waals surface area contributed by atoms with Gasteiger partial charge in [0, 0.05) is 30.1 Å². The number of nitrogens with zero attached hydrogens (tertiary/aromatic N) is 1. The van der Waals surface area contributed by atoms with Crippen LogP contribution in [0.4, 0.5) is 0 Å². The second kappa shape index (κ2) is 10.4. The SMILES string of the molecule is CN(C)CC(C)(C)CNC(=O)C(Cc1ccccc1)NC(=O)c1ccc(Cl)cc1. The smallest absolute Gasteiger partial charge is 0.251 e. The number of rotatable bonds is 9. The molecule has 5 nitrogen and oxygen atoms in total. The summed E-state index contributed by atoms with van der Waals surface area (Å²) in [6, 6.07) is 15.6. The number of carbonyl (C=O) groups is 2. The lowest BCUT2D eigenvalue weighted by Gasteiger charge is -2.29. The Kier molecular flexibility index (Phi) is 8.23. The summed E-state index contributed by atoms with van der Waals surface area (Å²) >= 11 is 5.90. The molecule has 1 atom stereocenters. The number of hydrogen-bond acceptors (Lipinski definition) is 3. The predicted molar refractivity (Wildman–Crippen MR) is 118 cm³/mol. The minimum Gasteiger partial charge on any atom is -0.354 e. The number of amides is 2. The quantitative estimate of drug-likeness (QED) is 0.660. The van der Waals surface area contributed by atoms with Gasteiger partial charge in [-0.15, -0.1) is 0 Å². The van der Waals surface area contributed by atoms with E-state index in [2.05, 4.69) is 29.4 Å². The molecule has 2 aromatic rings. The third kappa shape index (κ3) is 7.87. The first-order valence-electron chi connectivity index (χ1n) is 9.69. The number of carbonyl (C=O) groups excluding carboxylic acids is 2. The van der Waals surface area contributed by atoms with E-state index in [1.54, 1.807) is 24.3 Å². The summed E-state index contributed by atoms with van der Waals surface area (Å²) < 4.78 is 0. The molecule has 0 aliphatic carbocycles. The monoisotopic (exact) mass is 415 g/mol. The van der Waals surface area contributed by atoms with Crippen molar-refractivity contribution in [3.8, 4) is 0 Å². The molecule has 0 aromatic heterocycles. The van der Waals surface area contributed by atoms with E-state index >= 15 is 0 Å². The topological polar surface area (TPSA) is 61.4 Å². The zero-order valence-corrected chi connectivity index (χ0v) is 18.3. The van der Waals surface area contributed by atoms with Crippen molar-refractivity contribution in [2.45, 2.75) is 26.3 Å². The minimum atomic E-state index is -0.671. The maximum absolute atomic E-state index is 12.9. The Labute approximate surface area is 178 Å². The zero-order chi connectivity index (χ0) is 21.4. The number of nitrogens with one attached hydrogen (secondary N) is 2. The van der Waals surface area contributed by atoms with Gasteiger partial charge in [0.05, 0.1) is 0 Å². The standard InChI is InChI=1S/C23H30ClN3O2/c1-23(2,16-27(3)4)15-25-22(29)20(14-17-8-6-5-7-9-17)26-21(28)18-10-12-19(24)13-11-18/h5-13,20H,14-16H2,1-4H3,(H,25,29)(H,26,28). The van der Waals surface area contributed by atoms with Gasteiger partial charge in [-0.05, 0) is 49.3 Å². The van der Waals surface area contributed by atoms with Gasteiger partial charge in [-0.1, -0.05) is 55.8 Å². The van der Waals surface area contributed by atoms with Crippen LogP contribution >= 0.6 is 11.6 Å². The van der Waals surface area contributed by atoms with Crippen LogP contribution in [-0.4, -0.2) is 49.9 Å².